The predicted octanol–water partition coefficient (Wildman–Crippen LogP) is 4.94. The van der Waals surface area contributed by atoms with Gasteiger partial charge >= 0.3 is 6.18 Å². The minimum Gasteiger partial charge on any atom is -0.427 e. The molecule has 1 aromatic carbocycles. The van der Waals surface area contributed by atoms with E-state index >= 15 is 0 Å². The van der Waals surface area contributed by atoms with E-state index in [0.29, 0.717) is 22.8 Å². The quantitative estimate of drug-likeness (QED) is 0.282. The number of fused-ring (bicyclic) bond motifs is 1. The van der Waals surface area contributed by atoms with E-state index in [2.05, 4.69) is 14.7 Å². The third-order valence-corrected chi connectivity index (χ3v) is 6.83. The highest BCUT2D eigenvalue weighted by molar-refractivity contribution is 7.92. The van der Waals surface area contributed by atoms with E-state index in [1.807, 2.05) is 0 Å². The van der Waals surface area contributed by atoms with Crippen LogP contribution in [0.2, 0.25) is 5.02 Å². The number of nitrogens with one attached hydrogen (secondary N) is 1. The number of ketones is 1. The molecule has 0 atom stereocenters. The Bertz CT molecular complexity index is 1550. The molecule has 2 aromatic rings. The molecule has 0 radical (unpaired) electrons. The molecule has 13 heteroatoms. The average molecular weight is 525 g/mol. The van der Waals surface area contributed by atoms with Crippen LogP contribution in [0.3, 0.4) is 0 Å². The van der Waals surface area contributed by atoms with E-state index in [-0.39, 0.29) is 22.8 Å². The van der Waals surface area contributed by atoms with Crippen molar-refractivity contribution in [2.24, 2.45) is 0 Å². The highest BCUT2D eigenvalue weighted by atomic mass is 35.5. The van der Waals surface area contributed by atoms with Crippen LogP contribution in [0.25, 0.3) is 11.4 Å². The van der Waals surface area contributed by atoms with Crippen molar-refractivity contribution in [3.05, 3.63) is 81.9 Å². The fraction of sp³-hybridized carbons (Fsp3) is 0.136. The van der Waals surface area contributed by atoms with Gasteiger partial charge in [0.1, 0.15) is 5.69 Å². The summed E-state index contributed by atoms with van der Waals surface area (Å²) >= 11 is 5.60. The van der Waals surface area contributed by atoms with Gasteiger partial charge in [-0.3, -0.25) is 14.5 Å². The Hall–Kier alpha value is -3.64. The van der Waals surface area contributed by atoms with Crippen molar-refractivity contribution in [2.45, 2.75) is 24.9 Å². The van der Waals surface area contributed by atoms with Gasteiger partial charge in [0.2, 0.25) is 5.78 Å². The summed E-state index contributed by atoms with van der Waals surface area (Å²) in [6.07, 6.45) is -0.868. The van der Waals surface area contributed by atoms with Gasteiger partial charge in [-0.1, -0.05) is 11.6 Å². The van der Waals surface area contributed by atoms with Gasteiger partial charge in [-0.05, 0) is 55.3 Å². The normalized spacial score (nSPS) is 12.2. The largest absolute Gasteiger partial charge is 0.427 e. The van der Waals surface area contributed by atoms with Gasteiger partial charge in [0.05, 0.1) is 21.2 Å². The molecule has 1 aromatic heterocycles. The highest BCUT2D eigenvalue weighted by Crippen LogP contribution is 2.36. The molecule has 2 N–H and O–H groups in total. The average Bonchev–Trinajstić information content (AvgIpc) is 3.23. The number of anilines is 1. The zero-order chi connectivity index (χ0) is 25.7. The molecule has 0 unspecified atom stereocenters. The lowest BCUT2D eigenvalue weighted by molar-refractivity contribution is -0.137. The third kappa shape index (κ3) is 4.54. The number of benzene rings is 1. The van der Waals surface area contributed by atoms with Gasteiger partial charge in [0.25, 0.3) is 10.0 Å². The summed E-state index contributed by atoms with van der Waals surface area (Å²) in [4.78, 5) is 20.9. The first-order valence-corrected chi connectivity index (χ1v) is 11.7. The lowest BCUT2D eigenvalue weighted by atomic mass is 9.97. The third-order valence-electron chi connectivity index (χ3n) is 5.14. The standard InChI is InChI=1S/C22H16ClF3N4O4S/c1-11-7-17(29-35(33,34)13-3-4-16(23)15(8-13)22(24,25)26)19(28-9-11)20(31)18-12(2)10-30(32)21-14(18)5-6-27-21/h3-10,29,32H,1-2H3. The Morgan fingerprint density at radius 2 is 1.86 bits per heavy atom. The van der Waals surface area contributed by atoms with Crippen molar-refractivity contribution in [3.63, 3.8) is 0 Å². The SMILES string of the molecule is Cc1cnc(C(=O)c2c(C)cn(O)c3nccc2-3)c(NS(=O)(=O)c2ccc(Cl)c(C(F)(F)F)c2)c1. The molecule has 3 heterocycles. The summed E-state index contributed by atoms with van der Waals surface area (Å²) in [7, 11) is -4.57. The minimum absolute atomic E-state index is 0.106. The second-order valence-electron chi connectivity index (χ2n) is 7.70. The van der Waals surface area contributed by atoms with Crippen LogP contribution < -0.4 is 4.72 Å². The summed E-state index contributed by atoms with van der Waals surface area (Å²) in [5.74, 6) is -0.570. The number of aromatic nitrogens is 3. The van der Waals surface area contributed by atoms with Crippen LogP contribution in [0.15, 0.2) is 53.8 Å². The molecule has 0 spiro atoms. The molecule has 0 saturated heterocycles. The molecule has 0 saturated carbocycles. The van der Waals surface area contributed by atoms with Gasteiger partial charge < -0.3 is 5.21 Å². The zero-order valence-electron chi connectivity index (χ0n) is 18.1. The van der Waals surface area contributed by atoms with E-state index < -0.39 is 37.5 Å². The van der Waals surface area contributed by atoms with Crippen LogP contribution in [-0.2, 0) is 16.2 Å². The second kappa shape index (κ2) is 8.54. The molecule has 0 bridgehead atoms. The second-order valence-corrected chi connectivity index (χ2v) is 9.79. The fourth-order valence-corrected chi connectivity index (χ4v) is 4.87. The first kappa shape index (κ1) is 24.5. The Morgan fingerprint density at radius 1 is 1.14 bits per heavy atom. The summed E-state index contributed by atoms with van der Waals surface area (Å²) in [5.41, 5.74) is -0.543. The first-order valence-electron chi connectivity index (χ1n) is 9.86. The Labute approximate surface area is 202 Å². The van der Waals surface area contributed by atoms with Gasteiger partial charge in [0, 0.05) is 29.7 Å². The Balaban J connectivity index is 1.80. The molecule has 182 valence electrons. The van der Waals surface area contributed by atoms with Crippen molar-refractivity contribution < 1.29 is 31.6 Å². The maximum Gasteiger partial charge on any atom is 0.417 e. The number of hydrogen-bond acceptors (Lipinski definition) is 6. The van der Waals surface area contributed by atoms with Gasteiger partial charge in [-0.2, -0.15) is 17.9 Å². The van der Waals surface area contributed by atoms with E-state index in [1.54, 1.807) is 13.8 Å². The number of hydrogen-bond donors (Lipinski definition) is 2. The number of alkyl halides is 3. The van der Waals surface area contributed by atoms with E-state index in [9.17, 15) is 31.6 Å². The van der Waals surface area contributed by atoms with Crippen LogP contribution in [0.4, 0.5) is 18.9 Å². The van der Waals surface area contributed by atoms with E-state index in [4.69, 9.17) is 11.6 Å². The molecule has 0 fully saturated rings. The van der Waals surface area contributed by atoms with E-state index in [1.165, 1.54) is 30.7 Å². The lowest BCUT2D eigenvalue weighted by Gasteiger charge is -2.16. The molecular weight excluding hydrogens is 509 g/mol. The van der Waals surface area contributed by atoms with Crippen LogP contribution in [0.1, 0.15) is 32.7 Å². The van der Waals surface area contributed by atoms with Crippen molar-refractivity contribution in [2.75, 3.05) is 4.72 Å². The van der Waals surface area contributed by atoms with E-state index in [0.717, 1.165) is 16.9 Å². The topological polar surface area (TPSA) is 114 Å². The van der Waals surface area contributed by atoms with Crippen LogP contribution in [-0.4, -0.2) is 34.1 Å². The smallest absolute Gasteiger partial charge is 0.417 e. The summed E-state index contributed by atoms with van der Waals surface area (Å²) < 4.78 is 68.6. The number of halogens is 4. The highest BCUT2D eigenvalue weighted by Gasteiger charge is 2.35. The molecule has 35 heavy (non-hydrogen) atoms. The Kier molecular flexibility index (Phi) is 5.97. The summed E-state index contributed by atoms with van der Waals surface area (Å²) in [5, 5.41) is 9.38. The first-order chi connectivity index (χ1) is 16.3. The predicted molar refractivity (Wildman–Crippen MR) is 120 cm³/mol. The Morgan fingerprint density at radius 3 is 2.54 bits per heavy atom. The van der Waals surface area contributed by atoms with Gasteiger partial charge in [-0.25, -0.2) is 13.4 Å². The molecule has 4 rings (SSSR count). The monoisotopic (exact) mass is 524 g/mol. The number of rotatable bonds is 5. The minimum atomic E-state index is -4.87. The summed E-state index contributed by atoms with van der Waals surface area (Å²) in [6.45, 7) is 3.17. The number of carbonyl (C=O) groups excluding carboxylic acids is 1. The maximum atomic E-state index is 13.5. The zero-order valence-corrected chi connectivity index (χ0v) is 19.6. The number of aryl methyl sites for hydroxylation is 2. The fourth-order valence-electron chi connectivity index (χ4n) is 3.57. The number of carbonyl (C=O) groups is 1. The van der Waals surface area contributed by atoms with Crippen molar-refractivity contribution in [1.29, 1.82) is 0 Å². The van der Waals surface area contributed by atoms with Crippen molar-refractivity contribution in [3.8, 4) is 11.4 Å². The van der Waals surface area contributed by atoms with Crippen molar-refractivity contribution >= 4 is 33.1 Å². The molecule has 0 aliphatic carbocycles. The molecular formula is C22H16ClF3N4O4S. The van der Waals surface area contributed by atoms with Gasteiger partial charge in [0.15, 0.2) is 5.82 Å². The summed E-state index contributed by atoms with van der Waals surface area (Å²) in [6, 6.07) is 5.01. The number of nitrogens with zero attached hydrogens (tertiary/aromatic N) is 3. The molecule has 0 amide bonds. The molecule has 2 aliphatic rings. The van der Waals surface area contributed by atoms with Crippen molar-refractivity contribution in [1.82, 2.24) is 14.7 Å². The molecule has 8 nitrogen and oxygen atoms in total. The van der Waals surface area contributed by atoms with Crippen LogP contribution in [0, 0.1) is 13.8 Å². The number of pyridine rings is 2. The van der Waals surface area contributed by atoms with Crippen LogP contribution >= 0.6 is 11.6 Å². The lowest BCUT2D eigenvalue weighted by Crippen LogP contribution is -2.19. The molecule has 2 aliphatic heterocycles. The van der Waals surface area contributed by atoms with Crippen LogP contribution in [0.5, 0.6) is 0 Å². The maximum absolute atomic E-state index is 13.5. The number of sulfonamides is 1. The van der Waals surface area contributed by atoms with Gasteiger partial charge in [-0.15, -0.1) is 0 Å².